The van der Waals surface area contributed by atoms with E-state index >= 15 is 0 Å². The first kappa shape index (κ1) is 18.8. The van der Waals surface area contributed by atoms with Crippen molar-refractivity contribution in [1.29, 1.82) is 0 Å². The van der Waals surface area contributed by atoms with E-state index in [1.165, 1.54) is 12.8 Å². The average molecular weight is 348 g/mol. The summed E-state index contributed by atoms with van der Waals surface area (Å²) in [6, 6.07) is 19.6. The Morgan fingerprint density at radius 3 is 2.12 bits per heavy atom. The van der Waals surface area contributed by atoms with Crippen LogP contribution in [0.3, 0.4) is 0 Å². The molecule has 2 aromatic carbocycles. The molecule has 0 amide bonds. The van der Waals surface area contributed by atoms with Crippen LogP contribution in [0.1, 0.15) is 31.4 Å². The highest BCUT2D eigenvalue weighted by molar-refractivity contribution is 5.85. The third-order valence-electron chi connectivity index (χ3n) is 4.52. The molecule has 0 saturated carbocycles. The number of likely N-dealkylation sites (tertiary alicyclic amines) is 1. The van der Waals surface area contributed by atoms with Gasteiger partial charge in [0, 0.05) is 6.54 Å². The molecule has 4 heteroatoms. The van der Waals surface area contributed by atoms with Crippen LogP contribution in [-0.4, -0.2) is 35.2 Å². The van der Waals surface area contributed by atoms with Crippen LogP contribution >= 0.6 is 12.4 Å². The lowest BCUT2D eigenvalue weighted by molar-refractivity contribution is -0.0604. The van der Waals surface area contributed by atoms with Crippen molar-refractivity contribution in [1.82, 2.24) is 4.90 Å². The van der Waals surface area contributed by atoms with Crippen LogP contribution in [0.2, 0.25) is 0 Å². The molecule has 3 rings (SSSR count). The highest BCUT2D eigenvalue weighted by Gasteiger charge is 2.38. The maximum Gasteiger partial charge on any atom is 0.149 e. The lowest BCUT2D eigenvalue weighted by Crippen LogP contribution is -2.49. The van der Waals surface area contributed by atoms with Crippen LogP contribution in [0.25, 0.3) is 0 Å². The monoisotopic (exact) mass is 347 g/mol. The molecule has 2 atom stereocenters. The van der Waals surface area contributed by atoms with Crippen molar-refractivity contribution in [2.75, 3.05) is 19.6 Å². The standard InChI is InChI=1S/C20H25NO2.ClH/c1-20(16-21-14-8-9-15-21,23-18-12-6-3-7-13-18)19(22)17-10-4-2-5-11-17;/h2-7,10-13,19,22H,8-9,14-16H2,1H3;1H. The third-order valence-corrected chi connectivity index (χ3v) is 4.52. The smallest absolute Gasteiger partial charge is 0.149 e. The van der Waals surface area contributed by atoms with Gasteiger partial charge >= 0.3 is 0 Å². The predicted octanol–water partition coefficient (Wildman–Crippen LogP) is 4.08. The molecule has 0 aliphatic carbocycles. The van der Waals surface area contributed by atoms with Gasteiger partial charge in [-0.2, -0.15) is 0 Å². The van der Waals surface area contributed by atoms with Crippen LogP contribution in [0.5, 0.6) is 5.75 Å². The summed E-state index contributed by atoms with van der Waals surface area (Å²) in [5.74, 6) is 0.796. The summed E-state index contributed by atoms with van der Waals surface area (Å²) in [6.45, 7) is 4.89. The Kier molecular flexibility index (Phi) is 6.67. The Balaban J connectivity index is 0.00000208. The minimum absolute atomic E-state index is 0. The zero-order chi connectivity index (χ0) is 16.1. The molecular formula is C20H26ClNO2. The van der Waals surface area contributed by atoms with Gasteiger partial charge < -0.3 is 9.84 Å². The van der Waals surface area contributed by atoms with Gasteiger partial charge in [-0.05, 0) is 50.6 Å². The largest absolute Gasteiger partial charge is 0.483 e. The summed E-state index contributed by atoms with van der Waals surface area (Å²) in [5.41, 5.74) is 0.206. The zero-order valence-electron chi connectivity index (χ0n) is 14.1. The average Bonchev–Trinajstić information content (AvgIpc) is 3.08. The molecule has 0 spiro atoms. The molecule has 2 aromatic rings. The maximum atomic E-state index is 11.0. The fraction of sp³-hybridized carbons (Fsp3) is 0.400. The van der Waals surface area contributed by atoms with E-state index in [1.807, 2.05) is 67.6 Å². The number of aliphatic hydroxyl groups excluding tert-OH is 1. The van der Waals surface area contributed by atoms with Gasteiger partial charge in [0.05, 0.1) is 0 Å². The van der Waals surface area contributed by atoms with Gasteiger partial charge in [0.25, 0.3) is 0 Å². The van der Waals surface area contributed by atoms with Gasteiger partial charge in [-0.1, -0.05) is 48.5 Å². The Labute approximate surface area is 150 Å². The SMILES string of the molecule is CC(CN1CCCC1)(Oc1ccccc1)C(O)c1ccccc1.Cl. The molecule has 1 heterocycles. The summed E-state index contributed by atoms with van der Waals surface area (Å²) >= 11 is 0. The number of hydrogen-bond donors (Lipinski definition) is 1. The van der Waals surface area contributed by atoms with E-state index in [1.54, 1.807) is 0 Å². The van der Waals surface area contributed by atoms with Gasteiger partial charge in [-0.25, -0.2) is 0 Å². The summed E-state index contributed by atoms with van der Waals surface area (Å²) in [6.07, 6.45) is 1.77. The van der Waals surface area contributed by atoms with E-state index in [2.05, 4.69) is 4.90 Å². The lowest BCUT2D eigenvalue weighted by Gasteiger charge is -2.38. The Hall–Kier alpha value is -1.55. The van der Waals surface area contributed by atoms with E-state index in [-0.39, 0.29) is 12.4 Å². The van der Waals surface area contributed by atoms with Gasteiger partial charge in [-0.15, -0.1) is 12.4 Å². The Bertz CT molecular complexity index is 602. The minimum Gasteiger partial charge on any atom is -0.483 e. The molecule has 2 unspecified atom stereocenters. The minimum atomic E-state index is -0.687. The zero-order valence-corrected chi connectivity index (χ0v) is 14.9. The number of nitrogens with zero attached hydrogens (tertiary/aromatic N) is 1. The van der Waals surface area contributed by atoms with E-state index in [9.17, 15) is 5.11 Å². The topological polar surface area (TPSA) is 32.7 Å². The molecule has 0 aromatic heterocycles. The number of aliphatic hydroxyl groups is 1. The van der Waals surface area contributed by atoms with Crippen LogP contribution in [0.15, 0.2) is 60.7 Å². The van der Waals surface area contributed by atoms with Gasteiger partial charge in [0.15, 0.2) is 0 Å². The first-order valence-corrected chi connectivity index (χ1v) is 8.37. The summed E-state index contributed by atoms with van der Waals surface area (Å²) in [5, 5.41) is 11.0. The number of ether oxygens (including phenoxy) is 1. The fourth-order valence-electron chi connectivity index (χ4n) is 3.30. The van der Waals surface area contributed by atoms with Crippen LogP contribution in [0.4, 0.5) is 0 Å². The number of hydrogen-bond acceptors (Lipinski definition) is 3. The Morgan fingerprint density at radius 2 is 1.54 bits per heavy atom. The van der Waals surface area contributed by atoms with E-state index in [0.29, 0.717) is 0 Å². The maximum absolute atomic E-state index is 11.0. The van der Waals surface area contributed by atoms with E-state index in [0.717, 1.165) is 30.9 Å². The number of para-hydroxylation sites is 1. The molecule has 1 aliphatic heterocycles. The molecule has 24 heavy (non-hydrogen) atoms. The van der Waals surface area contributed by atoms with Crippen molar-refractivity contribution < 1.29 is 9.84 Å². The van der Waals surface area contributed by atoms with E-state index in [4.69, 9.17) is 4.74 Å². The van der Waals surface area contributed by atoms with Crippen LogP contribution < -0.4 is 4.74 Å². The second kappa shape index (κ2) is 8.52. The van der Waals surface area contributed by atoms with Gasteiger partial charge in [-0.3, -0.25) is 4.90 Å². The normalized spacial score (nSPS) is 18.4. The highest BCUT2D eigenvalue weighted by atomic mass is 35.5. The van der Waals surface area contributed by atoms with Crippen molar-refractivity contribution in [2.45, 2.75) is 31.5 Å². The van der Waals surface area contributed by atoms with Crippen molar-refractivity contribution >= 4 is 12.4 Å². The Morgan fingerprint density at radius 1 is 1.00 bits per heavy atom. The molecule has 1 N–H and O–H groups in total. The lowest BCUT2D eigenvalue weighted by atomic mass is 9.91. The highest BCUT2D eigenvalue weighted by Crippen LogP contribution is 2.32. The quantitative estimate of drug-likeness (QED) is 0.854. The van der Waals surface area contributed by atoms with Gasteiger partial charge in [0.2, 0.25) is 0 Å². The number of rotatable bonds is 6. The summed E-state index contributed by atoms with van der Waals surface area (Å²) in [7, 11) is 0. The molecular weight excluding hydrogens is 322 g/mol. The molecule has 0 bridgehead atoms. The fourth-order valence-corrected chi connectivity index (χ4v) is 3.30. The van der Waals surface area contributed by atoms with Crippen LogP contribution in [-0.2, 0) is 0 Å². The van der Waals surface area contributed by atoms with Crippen molar-refractivity contribution in [3.8, 4) is 5.75 Å². The third kappa shape index (κ3) is 4.50. The second-order valence-electron chi connectivity index (χ2n) is 6.52. The predicted molar refractivity (Wildman–Crippen MR) is 99.8 cm³/mol. The summed E-state index contributed by atoms with van der Waals surface area (Å²) < 4.78 is 6.29. The first-order chi connectivity index (χ1) is 11.2. The molecule has 0 radical (unpaired) electrons. The van der Waals surface area contributed by atoms with Crippen molar-refractivity contribution in [2.24, 2.45) is 0 Å². The molecule has 1 fully saturated rings. The molecule has 130 valence electrons. The van der Waals surface area contributed by atoms with Crippen molar-refractivity contribution in [3.05, 3.63) is 66.2 Å². The summed E-state index contributed by atoms with van der Waals surface area (Å²) in [4.78, 5) is 2.38. The van der Waals surface area contributed by atoms with Crippen molar-refractivity contribution in [3.63, 3.8) is 0 Å². The molecule has 1 aliphatic rings. The van der Waals surface area contributed by atoms with E-state index < -0.39 is 11.7 Å². The molecule has 1 saturated heterocycles. The first-order valence-electron chi connectivity index (χ1n) is 8.37. The molecule has 3 nitrogen and oxygen atoms in total. The van der Waals surface area contributed by atoms with Gasteiger partial charge in [0.1, 0.15) is 17.5 Å². The second-order valence-corrected chi connectivity index (χ2v) is 6.52. The van der Waals surface area contributed by atoms with Crippen LogP contribution in [0, 0.1) is 0 Å². The number of halogens is 1. The number of benzene rings is 2.